The van der Waals surface area contributed by atoms with Crippen LogP contribution in [0.5, 0.6) is 0 Å². The van der Waals surface area contributed by atoms with Gasteiger partial charge in [-0.05, 0) is 82.3 Å². The second-order valence-corrected chi connectivity index (χ2v) is 6.01. The maximum atomic E-state index is 2.34. The topological polar surface area (TPSA) is 0 Å². The first-order chi connectivity index (χ1) is 9.59. The van der Waals surface area contributed by atoms with Crippen LogP contribution in [0.15, 0.2) is 36.4 Å². The normalized spacial score (nSPS) is 11.4. The Morgan fingerprint density at radius 1 is 0.667 bits per heavy atom. The van der Waals surface area contributed by atoms with Gasteiger partial charge in [0.25, 0.3) is 0 Å². The fourth-order valence-corrected chi connectivity index (χ4v) is 3.76. The summed E-state index contributed by atoms with van der Waals surface area (Å²) in [6.45, 7) is 9.01. The van der Waals surface area contributed by atoms with E-state index in [1.54, 1.807) is 0 Å². The summed E-state index contributed by atoms with van der Waals surface area (Å²) in [6.07, 6.45) is 0. The molecule has 0 radical (unpaired) electrons. The van der Waals surface area contributed by atoms with Crippen LogP contribution >= 0.6 is 0 Å². The van der Waals surface area contributed by atoms with Gasteiger partial charge in [0.15, 0.2) is 0 Å². The largest absolute Gasteiger partial charge is 1.00 e. The van der Waals surface area contributed by atoms with Crippen LogP contribution in [0, 0.1) is 27.7 Å². The summed E-state index contributed by atoms with van der Waals surface area (Å²) in [6, 6.07) is 13.5. The van der Waals surface area contributed by atoms with Crippen LogP contribution < -0.4 is 18.9 Å². The van der Waals surface area contributed by atoms with E-state index in [4.69, 9.17) is 0 Å². The van der Waals surface area contributed by atoms with Crippen molar-refractivity contribution in [3.8, 4) is 0 Å². The third-order valence-electron chi connectivity index (χ3n) is 5.00. The quantitative estimate of drug-likeness (QED) is 0.339. The molecule has 0 spiro atoms. The fraction of sp³-hybridized carbons (Fsp3) is 0.200. The Balaban J connectivity index is 0.000000882. The predicted octanol–water partition coefficient (Wildman–Crippen LogP) is 2.93. The molecule has 0 unspecified atom stereocenters. The van der Waals surface area contributed by atoms with Gasteiger partial charge in [0.1, 0.15) is 0 Å². The summed E-state index contributed by atoms with van der Waals surface area (Å²) in [5.74, 6) is 0. The standard InChI is InChI=1S/C20H18.Li.H/c1-11-10-16-7-5-6-15-8-9-17-13(3)12(2)14(4)18(11)20(17)19(15)16;;/h5-10H,1-4H3;;/q;+1;-1. The number of benzene rings is 4. The minimum Gasteiger partial charge on any atom is -1.00 e. The molecule has 0 atom stereocenters. The molecule has 1 heteroatoms. The first-order valence-corrected chi connectivity index (χ1v) is 7.23. The van der Waals surface area contributed by atoms with E-state index < -0.39 is 0 Å². The Morgan fingerprint density at radius 2 is 1.38 bits per heavy atom. The number of rotatable bonds is 0. The predicted molar refractivity (Wildman–Crippen MR) is 90.2 cm³/mol. The second kappa shape index (κ2) is 4.77. The third kappa shape index (κ3) is 1.76. The van der Waals surface area contributed by atoms with Gasteiger partial charge < -0.3 is 1.43 Å². The molecule has 0 N–H and O–H groups in total. The molecule has 100 valence electrons. The van der Waals surface area contributed by atoms with Crippen molar-refractivity contribution in [3.05, 3.63) is 58.7 Å². The van der Waals surface area contributed by atoms with Crippen LogP contribution in [0.25, 0.3) is 32.3 Å². The van der Waals surface area contributed by atoms with Crippen LogP contribution in [0.3, 0.4) is 0 Å². The van der Waals surface area contributed by atoms with E-state index >= 15 is 0 Å². The molecule has 0 saturated heterocycles. The Labute approximate surface area is 139 Å². The van der Waals surface area contributed by atoms with E-state index in [1.807, 2.05) is 0 Å². The Kier molecular flexibility index (Phi) is 3.28. The van der Waals surface area contributed by atoms with Crippen LogP contribution in [-0.4, -0.2) is 0 Å². The Hall–Kier alpha value is -1.48. The number of aryl methyl sites for hydroxylation is 3. The van der Waals surface area contributed by atoms with Crippen molar-refractivity contribution in [1.29, 1.82) is 0 Å². The van der Waals surface area contributed by atoms with E-state index in [-0.39, 0.29) is 20.3 Å². The van der Waals surface area contributed by atoms with Crippen LogP contribution in [0.1, 0.15) is 23.7 Å². The SMILES string of the molecule is Cc1c(C)c2ccc3cccc4cc(C)c(c1C)c2c34.[H-].[Li+]. The van der Waals surface area contributed by atoms with Gasteiger partial charge in [-0.3, -0.25) is 0 Å². The monoisotopic (exact) mass is 266 g/mol. The summed E-state index contributed by atoms with van der Waals surface area (Å²) in [5, 5.41) is 8.46. The van der Waals surface area contributed by atoms with E-state index in [1.165, 1.54) is 54.6 Å². The second-order valence-electron chi connectivity index (χ2n) is 6.01. The fourth-order valence-electron chi connectivity index (χ4n) is 3.76. The van der Waals surface area contributed by atoms with E-state index in [0.29, 0.717) is 0 Å². The zero-order chi connectivity index (χ0) is 14.0. The summed E-state index contributed by atoms with van der Waals surface area (Å²) < 4.78 is 0. The molecule has 0 amide bonds. The van der Waals surface area contributed by atoms with Gasteiger partial charge in [-0.25, -0.2) is 0 Å². The molecule has 0 aliphatic heterocycles. The maximum absolute atomic E-state index is 2.34. The van der Waals surface area contributed by atoms with E-state index in [2.05, 4.69) is 64.1 Å². The van der Waals surface area contributed by atoms with Crippen molar-refractivity contribution in [3.63, 3.8) is 0 Å². The first-order valence-electron chi connectivity index (χ1n) is 7.23. The molecule has 4 rings (SSSR count). The van der Waals surface area contributed by atoms with Crippen LogP contribution in [-0.2, 0) is 0 Å². The molecule has 0 fully saturated rings. The molecule has 4 aromatic carbocycles. The smallest absolute Gasteiger partial charge is 1.00 e. The summed E-state index contributed by atoms with van der Waals surface area (Å²) in [5.41, 5.74) is 5.68. The van der Waals surface area contributed by atoms with Crippen molar-refractivity contribution in [2.45, 2.75) is 27.7 Å². The molecular weight excluding hydrogens is 247 g/mol. The summed E-state index contributed by atoms with van der Waals surface area (Å²) in [4.78, 5) is 0. The van der Waals surface area contributed by atoms with E-state index in [9.17, 15) is 0 Å². The Morgan fingerprint density at radius 3 is 2.14 bits per heavy atom. The molecule has 0 saturated carbocycles. The molecular formula is C20H19Li. The summed E-state index contributed by atoms with van der Waals surface area (Å²) in [7, 11) is 0. The average Bonchev–Trinajstić information content (AvgIpc) is 2.44. The number of hydrogen-bond acceptors (Lipinski definition) is 0. The van der Waals surface area contributed by atoms with Crippen molar-refractivity contribution in [2.24, 2.45) is 0 Å². The van der Waals surface area contributed by atoms with Gasteiger partial charge in [0, 0.05) is 0 Å². The average molecular weight is 266 g/mol. The molecule has 0 nitrogen and oxygen atoms in total. The van der Waals surface area contributed by atoms with Crippen LogP contribution in [0.4, 0.5) is 0 Å². The third-order valence-corrected chi connectivity index (χ3v) is 5.00. The summed E-state index contributed by atoms with van der Waals surface area (Å²) >= 11 is 0. The Bertz CT molecular complexity index is 986. The van der Waals surface area contributed by atoms with Gasteiger partial charge in [-0.15, -0.1) is 0 Å². The molecule has 21 heavy (non-hydrogen) atoms. The van der Waals surface area contributed by atoms with E-state index in [0.717, 1.165) is 0 Å². The van der Waals surface area contributed by atoms with Crippen molar-refractivity contribution < 1.29 is 20.3 Å². The number of hydrogen-bond donors (Lipinski definition) is 0. The molecule has 0 bridgehead atoms. The molecule has 0 heterocycles. The minimum absolute atomic E-state index is 0. The van der Waals surface area contributed by atoms with Crippen molar-refractivity contribution in [2.75, 3.05) is 0 Å². The molecule has 4 aromatic rings. The van der Waals surface area contributed by atoms with Gasteiger partial charge >= 0.3 is 18.9 Å². The minimum atomic E-state index is 0. The molecule has 0 aliphatic carbocycles. The van der Waals surface area contributed by atoms with Crippen LogP contribution in [0.2, 0.25) is 0 Å². The zero-order valence-corrected chi connectivity index (χ0v) is 13.5. The first kappa shape index (κ1) is 14.5. The molecule has 0 aliphatic rings. The van der Waals surface area contributed by atoms with Gasteiger partial charge in [0.2, 0.25) is 0 Å². The van der Waals surface area contributed by atoms with Crippen molar-refractivity contribution >= 4 is 32.3 Å². The molecule has 0 aromatic heterocycles. The van der Waals surface area contributed by atoms with Gasteiger partial charge in [-0.1, -0.05) is 36.4 Å². The zero-order valence-electron chi connectivity index (χ0n) is 14.5. The van der Waals surface area contributed by atoms with Crippen molar-refractivity contribution in [1.82, 2.24) is 0 Å². The van der Waals surface area contributed by atoms with Gasteiger partial charge in [0.05, 0.1) is 0 Å². The van der Waals surface area contributed by atoms with Gasteiger partial charge in [-0.2, -0.15) is 0 Å². The maximum Gasteiger partial charge on any atom is 1.00 e.